The zero-order chi connectivity index (χ0) is 9.19. The quantitative estimate of drug-likeness (QED) is 0.484. The molecule has 0 aromatic carbocycles. The van der Waals surface area contributed by atoms with E-state index >= 15 is 0 Å². The zero-order valence-electron chi connectivity index (χ0n) is 8.34. The highest BCUT2D eigenvalue weighted by Gasteiger charge is 1.85. The van der Waals surface area contributed by atoms with Crippen molar-refractivity contribution in [1.29, 1.82) is 0 Å². The van der Waals surface area contributed by atoms with Gasteiger partial charge in [-0.05, 0) is 51.0 Å². The lowest BCUT2D eigenvalue weighted by Crippen LogP contribution is -1.72. The van der Waals surface area contributed by atoms with Crippen molar-refractivity contribution in [3.05, 3.63) is 36.5 Å². The van der Waals surface area contributed by atoms with Gasteiger partial charge in [0.15, 0.2) is 0 Å². The second-order valence-electron chi connectivity index (χ2n) is 3.46. The first-order valence-corrected chi connectivity index (χ1v) is 5.38. The summed E-state index contributed by atoms with van der Waals surface area (Å²) in [5.74, 6) is 0. The third-order valence-electron chi connectivity index (χ3n) is 2.21. The molecule has 0 heterocycles. The van der Waals surface area contributed by atoms with Crippen LogP contribution in [0.25, 0.3) is 0 Å². The first-order valence-electron chi connectivity index (χ1n) is 5.38. The van der Waals surface area contributed by atoms with E-state index in [0.29, 0.717) is 0 Å². The Labute approximate surface area is 82.0 Å². The molecule has 0 fully saturated rings. The van der Waals surface area contributed by atoms with E-state index in [-0.39, 0.29) is 0 Å². The molecule has 1 radical (unpaired) electrons. The molecular weight excluding hydrogens is 156 g/mol. The van der Waals surface area contributed by atoms with Crippen LogP contribution in [0.4, 0.5) is 0 Å². The lowest BCUT2D eigenvalue weighted by Gasteiger charge is -1.92. The van der Waals surface area contributed by atoms with Crippen molar-refractivity contribution in [3.63, 3.8) is 0 Å². The minimum absolute atomic E-state index is 1.18. The molecule has 0 atom stereocenters. The third-order valence-corrected chi connectivity index (χ3v) is 2.21. The smallest absolute Gasteiger partial charge is 0.0230 e. The SMILES string of the molecule is [C]1=C/CCCC/C=C\CCC/C=C/1. The fourth-order valence-electron chi connectivity index (χ4n) is 1.40. The average molecular weight is 175 g/mol. The van der Waals surface area contributed by atoms with Gasteiger partial charge in [-0.2, -0.15) is 0 Å². The van der Waals surface area contributed by atoms with Gasteiger partial charge in [0.25, 0.3) is 0 Å². The van der Waals surface area contributed by atoms with Crippen LogP contribution in [0.3, 0.4) is 0 Å². The van der Waals surface area contributed by atoms with Gasteiger partial charge in [-0.1, -0.05) is 30.4 Å². The van der Waals surface area contributed by atoms with E-state index in [9.17, 15) is 0 Å². The van der Waals surface area contributed by atoms with E-state index in [1.807, 2.05) is 0 Å². The van der Waals surface area contributed by atoms with Gasteiger partial charge in [0, 0.05) is 0 Å². The predicted octanol–water partition coefficient (Wildman–Crippen LogP) is 4.20. The molecule has 0 unspecified atom stereocenters. The molecule has 0 heteroatoms. The summed E-state index contributed by atoms with van der Waals surface area (Å²) in [5, 5.41) is 0. The Kier molecular flexibility index (Phi) is 6.22. The highest BCUT2D eigenvalue weighted by atomic mass is 13.9. The number of hydrogen-bond acceptors (Lipinski definition) is 0. The molecule has 0 saturated carbocycles. The number of allylic oxidation sites excluding steroid dienone is 6. The normalized spacial score (nSPS) is 27.7. The molecule has 0 spiro atoms. The van der Waals surface area contributed by atoms with Crippen LogP contribution in [0, 0.1) is 6.08 Å². The van der Waals surface area contributed by atoms with Crippen molar-refractivity contribution in [1.82, 2.24) is 0 Å². The summed E-state index contributed by atoms with van der Waals surface area (Å²) in [4.78, 5) is 0. The second kappa shape index (κ2) is 7.85. The zero-order valence-corrected chi connectivity index (χ0v) is 8.34. The van der Waals surface area contributed by atoms with Gasteiger partial charge in [0.2, 0.25) is 0 Å². The fourth-order valence-corrected chi connectivity index (χ4v) is 1.40. The maximum Gasteiger partial charge on any atom is -0.0230 e. The van der Waals surface area contributed by atoms with Crippen molar-refractivity contribution >= 4 is 0 Å². The lowest BCUT2D eigenvalue weighted by atomic mass is 10.1. The third kappa shape index (κ3) is 6.39. The van der Waals surface area contributed by atoms with Gasteiger partial charge in [0.1, 0.15) is 0 Å². The summed E-state index contributed by atoms with van der Waals surface area (Å²) >= 11 is 0. The van der Waals surface area contributed by atoms with E-state index < -0.39 is 0 Å². The minimum atomic E-state index is 1.18. The summed E-state index contributed by atoms with van der Waals surface area (Å²) in [6, 6.07) is 0. The van der Waals surface area contributed by atoms with Crippen molar-refractivity contribution in [2.75, 3.05) is 0 Å². The molecular formula is C13H19. The van der Waals surface area contributed by atoms with Crippen LogP contribution in [0.1, 0.15) is 44.9 Å². The summed E-state index contributed by atoms with van der Waals surface area (Å²) < 4.78 is 0. The Balaban J connectivity index is 2.28. The molecule has 1 aliphatic rings. The van der Waals surface area contributed by atoms with E-state index in [0.717, 1.165) is 0 Å². The minimum Gasteiger partial charge on any atom is -0.0885 e. The molecule has 0 aromatic heterocycles. The Hall–Kier alpha value is -0.780. The topological polar surface area (TPSA) is 0 Å². The maximum atomic E-state index is 3.20. The summed E-state index contributed by atoms with van der Waals surface area (Å²) in [6.45, 7) is 0. The molecule has 0 nitrogen and oxygen atoms in total. The highest BCUT2D eigenvalue weighted by molar-refractivity contribution is 4.95. The monoisotopic (exact) mass is 175 g/mol. The van der Waals surface area contributed by atoms with Crippen LogP contribution in [0.5, 0.6) is 0 Å². The lowest BCUT2D eigenvalue weighted by molar-refractivity contribution is 0.758. The van der Waals surface area contributed by atoms with Crippen LogP contribution >= 0.6 is 0 Å². The van der Waals surface area contributed by atoms with E-state index in [1.165, 1.54) is 44.9 Å². The number of hydrogen-bond donors (Lipinski definition) is 0. The molecule has 1 rings (SSSR count). The van der Waals surface area contributed by atoms with Gasteiger partial charge in [-0.25, -0.2) is 0 Å². The van der Waals surface area contributed by atoms with E-state index in [2.05, 4.69) is 36.5 Å². The van der Waals surface area contributed by atoms with Crippen LogP contribution in [0.15, 0.2) is 30.4 Å². The molecule has 0 saturated heterocycles. The molecule has 13 heavy (non-hydrogen) atoms. The first-order chi connectivity index (χ1) is 6.50. The largest absolute Gasteiger partial charge is 0.0885 e. The number of rotatable bonds is 0. The van der Waals surface area contributed by atoms with Crippen molar-refractivity contribution in [2.45, 2.75) is 44.9 Å². The summed E-state index contributed by atoms with van der Waals surface area (Å²) in [6.07, 6.45) is 23.0. The average Bonchev–Trinajstić information content (AvgIpc) is 2.18. The molecule has 71 valence electrons. The van der Waals surface area contributed by atoms with Gasteiger partial charge in [-0.3, -0.25) is 0 Å². The van der Waals surface area contributed by atoms with Gasteiger partial charge < -0.3 is 0 Å². The molecule has 1 aliphatic carbocycles. The van der Waals surface area contributed by atoms with Gasteiger partial charge >= 0.3 is 0 Å². The maximum absolute atomic E-state index is 3.20. The molecule has 0 N–H and O–H groups in total. The highest BCUT2D eigenvalue weighted by Crippen LogP contribution is 2.05. The Morgan fingerprint density at radius 3 is 2.31 bits per heavy atom. The molecule has 0 aliphatic heterocycles. The van der Waals surface area contributed by atoms with E-state index in [4.69, 9.17) is 0 Å². The Morgan fingerprint density at radius 1 is 0.692 bits per heavy atom. The van der Waals surface area contributed by atoms with Gasteiger partial charge in [-0.15, -0.1) is 0 Å². The van der Waals surface area contributed by atoms with Crippen molar-refractivity contribution in [3.8, 4) is 0 Å². The fraction of sp³-hybridized carbons (Fsp3) is 0.538. The first kappa shape index (κ1) is 10.3. The molecule has 0 amide bonds. The second-order valence-corrected chi connectivity index (χ2v) is 3.46. The van der Waals surface area contributed by atoms with Crippen LogP contribution in [0.2, 0.25) is 0 Å². The van der Waals surface area contributed by atoms with E-state index in [1.54, 1.807) is 0 Å². The summed E-state index contributed by atoms with van der Waals surface area (Å²) in [7, 11) is 0. The Morgan fingerprint density at radius 2 is 1.38 bits per heavy atom. The van der Waals surface area contributed by atoms with Crippen LogP contribution in [-0.4, -0.2) is 0 Å². The van der Waals surface area contributed by atoms with Crippen molar-refractivity contribution < 1.29 is 0 Å². The van der Waals surface area contributed by atoms with Crippen molar-refractivity contribution in [2.24, 2.45) is 0 Å². The molecule has 0 aromatic rings. The van der Waals surface area contributed by atoms with Gasteiger partial charge in [0.05, 0.1) is 0 Å². The van der Waals surface area contributed by atoms with Crippen LogP contribution in [-0.2, 0) is 0 Å². The van der Waals surface area contributed by atoms with Crippen LogP contribution < -0.4 is 0 Å². The summed E-state index contributed by atoms with van der Waals surface area (Å²) in [5.41, 5.74) is 0. The standard InChI is InChI=1S/C13H19/c1-2-4-6-8-10-12-13-11-9-7-5-3-1/h1-2,9,11-12H,3-8,10H2/b2-1-,11-9+,13-12?. The molecule has 0 bridgehead atoms. The predicted molar refractivity (Wildman–Crippen MR) is 58.4 cm³/mol. The Bertz CT molecular complexity index is 184.